The Morgan fingerprint density at radius 2 is 1.54 bits per heavy atom. The third kappa shape index (κ3) is 8.26. The molecule has 4 atom stereocenters. The molecule has 0 N–H and O–H groups in total. The summed E-state index contributed by atoms with van der Waals surface area (Å²) >= 11 is 3.47. The van der Waals surface area contributed by atoms with Crippen LogP contribution in [-0.4, -0.2) is 90.1 Å². The lowest BCUT2D eigenvalue weighted by Crippen LogP contribution is -2.45. The SMILES string of the molecule is C#Cc1ccc2c(c1)C(=O)N1CCC1c1c(-c3ocnc3C(C)=O)ncn1-2.CC.CC1N=COC1c1ncn2c1C1CCN1C(=O)c1cc(Br)ccc1-2.CCC.CCOC=O. The minimum Gasteiger partial charge on any atom is -0.472 e. The van der Waals surface area contributed by atoms with E-state index >= 15 is 0 Å². The highest BCUT2D eigenvalue weighted by Gasteiger charge is 2.45. The summed E-state index contributed by atoms with van der Waals surface area (Å²) in [6.45, 7) is 15.8. The van der Waals surface area contributed by atoms with Crippen molar-refractivity contribution in [1.82, 2.24) is 33.9 Å². The number of benzene rings is 2. The van der Waals surface area contributed by atoms with Gasteiger partial charge in [-0.1, -0.05) is 56.0 Å². The van der Waals surface area contributed by atoms with Crippen molar-refractivity contribution in [2.24, 2.45) is 4.99 Å². The maximum absolute atomic E-state index is 13.0. The molecule has 5 aromatic rings. The van der Waals surface area contributed by atoms with Gasteiger partial charge in [0.05, 0.1) is 64.9 Å². The number of hydrogen-bond acceptors (Lipinski definition) is 11. The highest BCUT2D eigenvalue weighted by molar-refractivity contribution is 9.10. The van der Waals surface area contributed by atoms with Crippen LogP contribution in [0.2, 0.25) is 0 Å². The Balaban J connectivity index is 0.000000169. The third-order valence-electron chi connectivity index (χ3n) is 10.5. The number of Topliss-reactive ketones (excluding diaryl/α,β-unsaturated/α-hetero) is 1. The highest BCUT2D eigenvalue weighted by atomic mass is 79.9. The summed E-state index contributed by atoms with van der Waals surface area (Å²) in [4.78, 5) is 68.2. The number of rotatable bonds is 5. The zero-order chi connectivity index (χ0) is 44.0. The van der Waals surface area contributed by atoms with Gasteiger partial charge in [0.2, 0.25) is 0 Å². The number of ether oxygens (including phenoxy) is 2. The number of oxazole rings is 1. The van der Waals surface area contributed by atoms with Crippen molar-refractivity contribution < 1.29 is 33.1 Å². The normalized spacial score (nSPS) is 19.2. The molecule has 0 bridgehead atoms. The number of amides is 2. The molecule has 3 aromatic heterocycles. The van der Waals surface area contributed by atoms with Gasteiger partial charge in [-0.3, -0.25) is 33.3 Å². The fourth-order valence-corrected chi connectivity index (χ4v) is 7.97. The fourth-order valence-electron chi connectivity index (χ4n) is 7.61. The minimum absolute atomic E-state index is 0.0291. The largest absolute Gasteiger partial charge is 0.472 e. The Morgan fingerprint density at radius 3 is 2.08 bits per heavy atom. The van der Waals surface area contributed by atoms with Crippen molar-refractivity contribution >= 4 is 46.4 Å². The topological polar surface area (TPSA) is 167 Å². The minimum atomic E-state index is -0.199. The molecule has 2 saturated heterocycles. The molecular formula is C45H49BrN8O7. The van der Waals surface area contributed by atoms with Crippen molar-refractivity contribution in [3.05, 3.63) is 99.4 Å². The average Bonchev–Trinajstić information content (AvgIpc) is 4.05. The lowest BCUT2D eigenvalue weighted by molar-refractivity contribution is -0.128. The smallest absolute Gasteiger partial charge is 0.293 e. The third-order valence-corrected chi connectivity index (χ3v) is 11.0. The number of nitrogens with zero attached hydrogens (tertiary/aromatic N) is 8. The van der Waals surface area contributed by atoms with E-state index in [1.165, 1.54) is 26.1 Å². The van der Waals surface area contributed by atoms with Gasteiger partial charge in [0.15, 0.2) is 36.1 Å². The van der Waals surface area contributed by atoms with Crippen molar-refractivity contribution in [2.45, 2.75) is 92.0 Å². The van der Waals surface area contributed by atoms with Crippen LogP contribution in [0.25, 0.3) is 22.8 Å². The van der Waals surface area contributed by atoms with Crippen LogP contribution in [0, 0.1) is 12.3 Å². The summed E-state index contributed by atoms with van der Waals surface area (Å²) in [7, 11) is 0. The molecule has 15 nitrogen and oxygen atoms in total. The number of halogens is 1. The number of fused-ring (bicyclic) bond motifs is 10. The van der Waals surface area contributed by atoms with E-state index in [-0.39, 0.29) is 47.5 Å². The first-order chi connectivity index (χ1) is 29.6. The zero-order valence-corrected chi connectivity index (χ0v) is 36.9. The van der Waals surface area contributed by atoms with Crippen LogP contribution >= 0.6 is 15.9 Å². The number of aliphatic imine (C=N–C) groups is 1. The standard InChI is InChI=1S/C20H14N4O3.C17H15BrN4O2.C3H6O2.C3H8.C2H6/c1-3-12-4-5-14-13(8-12)20(26)23-7-6-15(23)18-17(21-9-24(14)18)19-16(11(2)25)22-10-27-19;1-9-16(24-8-20-9)14-15-13-4-5-21(13)17(23)11-6-10(18)2-3-12(11)22(15)7-19-14;1-2-5-3-4;1-3-2;1-2/h1,4-5,8-10,15H,6-7H2,2H3;2-3,6-9,13,16H,4-5H2,1H3;3H,2H2,1H3;3H2,1-2H3;1-2H3. The van der Waals surface area contributed by atoms with Crippen LogP contribution in [0.3, 0.4) is 0 Å². The number of imidazole rings is 2. The fraction of sp³-hybridized carbons (Fsp3) is 0.378. The second-order valence-electron chi connectivity index (χ2n) is 14.3. The van der Waals surface area contributed by atoms with E-state index in [0.29, 0.717) is 53.5 Å². The number of hydrogen-bond donors (Lipinski definition) is 0. The summed E-state index contributed by atoms with van der Waals surface area (Å²) in [5, 5.41) is 0. The maximum Gasteiger partial charge on any atom is 0.293 e. The molecule has 16 heteroatoms. The number of terminal acetylenes is 1. The quantitative estimate of drug-likeness (QED) is 0.0952. The number of ketones is 1. The van der Waals surface area contributed by atoms with Gasteiger partial charge in [0.25, 0.3) is 18.3 Å². The van der Waals surface area contributed by atoms with Crippen LogP contribution < -0.4 is 0 Å². The average molecular weight is 894 g/mol. The summed E-state index contributed by atoms with van der Waals surface area (Å²) in [6.07, 6.45) is 14.5. The lowest BCUT2D eigenvalue weighted by atomic mass is 9.95. The van der Waals surface area contributed by atoms with Gasteiger partial charge in [0.1, 0.15) is 17.7 Å². The van der Waals surface area contributed by atoms with Gasteiger partial charge in [-0.05, 0) is 63.1 Å². The van der Waals surface area contributed by atoms with Gasteiger partial charge in [-0.15, -0.1) is 6.42 Å². The Bertz CT molecular complexity index is 2500. The van der Waals surface area contributed by atoms with E-state index in [9.17, 15) is 19.2 Å². The molecule has 2 amide bonds. The monoisotopic (exact) mass is 892 g/mol. The molecule has 8 heterocycles. The molecule has 318 valence electrons. The molecule has 2 aromatic carbocycles. The first-order valence-electron chi connectivity index (χ1n) is 20.4. The summed E-state index contributed by atoms with van der Waals surface area (Å²) < 4.78 is 20.2. The van der Waals surface area contributed by atoms with Crippen LogP contribution in [0.1, 0.15) is 140 Å². The molecule has 4 unspecified atom stereocenters. The molecule has 2 fully saturated rings. The summed E-state index contributed by atoms with van der Waals surface area (Å²) in [5.41, 5.74) is 7.02. The van der Waals surface area contributed by atoms with E-state index in [0.717, 1.165) is 46.6 Å². The molecule has 0 aliphatic carbocycles. The predicted molar refractivity (Wildman–Crippen MR) is 232 cm³/mol. The lowest BCUT2D eigenvalue weighted by Gasteiger charge is -2.40. The second-order valence-corrected chi connectivity index (χ2v) is 15.2. The highest BCUT2D eigenvalue weighted by Crippen LogP contribution is 2.45. The van der Waals surface area contributed by atoms with E-state index in [2.05, 4.69) is 60.4 Å². The molecule has 0 radical (unpaired) electrons. The molecule has 0 spiro atoms. The zero-order valence-electron chi connectivity index (χ0n) is 35.3. The molecule has 10 rings (SSSR count). The van der Waals surface area contributed by atoms with Crippen molar-refractivity contribution in [1.29, 1.82) is 0 Å². The van der Waals surface area contributed by atoms with Crippen LogP contribution in [0.5, 0.6) is 0 Å². The second kappa shape index (κ2) is 19.4. The Morgan fingerprint density at radius 1 is 0.934 bits per heavy atom. The van der Waals surface area contributed by atoms with Crippen molar-refractivity contribution in [3.8, 4) is 35.2 Å². The van der Waals surface area contributed by atoms with Crippen LogP contribution in [0.15, 0.2) is 69.3 Å². The molecule has 5 aliphatic heterocycles. The molecule has 0 saturated carbocycles. The van der Waals surface area contributed by atoms with Gasteiger partial charge in [-0.25, -0.2) is 15.0 Å². The van der Waals surface area contributed by atoms with Gasteiger partial charge in [-0.2, -0.15) is 0 Å². The first kappa shape index (κ1) is 44.2. The molecular weight excluding hydrogens is 844 g/mol. The Labute approximate surface area is 363 Å². The first-order valence-corrected chi connectivity index (χ1v) is 21.2. The van der Waals surface area contributed by atoms with Gasteiger partial charge in [0, 0.05) is 30.0 Å². The Hall–Kier alpha value is -6.34. The summed E-state index contributed by atoms with van der Waals surface area (Å²) in [6, 6.07) is 11.1. The summed E-state index contributed by atoms with van der Waals surface area (Å²) in [5.74, 6) is 2.73. The van der Waals surface area contributed by atoms with Crippen molar-refractivity contribution in [2.75, 3.05) is 19.7 Å². The van der Waals surface area contributed by atoms with Crippen LogP contribution in [0.4, 0.5) is 0 Å². The maximum atomic E-state index is 13.0. The van der Waals surface area contributed by atoms with E-state index in [1.54, 1.807) is 36.6 Å². The number of carbonyl (C=O) groups excluding carboxylic acids is 4. The Kier molecular flexibility index (Phi) is 14.0. The van der Waals surface area contributed by atoms with Crippen LogP contribution in [-0.2, 0) is 14.3 Å². The van der Waals surface area contributed by atoms with Gasteiger partial charge >= 0.3 is 0 Å². The molecule has 61 heavy (non-hydrogen) atoms. The van der Waals surface area contributed by atoms with Crippen molar-refractivity contribution in [3.63, 3.8) is 0 Å². The number of aromatic nitrogens is 5. The van der Waals surface area contributed by atoms with E-state index < -0.39 is 0 Å². The predicted octanol–water partition coefficient (Wildman–Crippen LogP) is 8.26. The number of carbonyl (C=O) groups is 4. The van der Waals surface area contributed by atoms with E-state index in [1.807, 2.05) is 59.1 Å². The van der Waals surface area contributed by atoms with E-state index in [4.69, 9.17) is 15.6 Å². The molecule has 5 aliphatic rings. The van der Waals surface area contributed by atoms with Gasteiger partial charge < -0.3 is 23.7 Å².